The highest BCUT2D eigenvalue weighted by Crippen LogP contribution is 2.22. The molecule has 0 bridgehead atoms. The van der Waals surface area contributed by atoms with Crippen molar-refractivity contribution < 1.29 is 4.79 Å². The highest BCUT2D eigenvalue weighted by atomic mass is 32.2. The molecule has 0 aliphatic carbocycles. The van der Waals surface area contributed by atoms with Crippen LogP contribution in [-0.2, 0) is 11.8 Å². The largest absolute Gasteiger partial charge is 0.326 e. The lowest BCUT2D eigenvalue weighted by Crippen LogP contribution is -2.12. The summed E-state index contributed by atoms with van der Waals surface area (Å²) in [6.45, 7) is 2.00. The number of nitrogens with one attached hydrogen (secondary N) is 1. The summed E-state index contributed by atoms with van der Waals surface area (Å²) >= 11 is 1.53. The third kappa shape index (κ3) is 4.48. The topological polar surface area (TPSA) is 59.8 Å². The van der Waals surface area contributed by atoms with E-state index in [9.17, 15) is 4.79 Å². The monoisotopic (exact) mass is 352 g/mol. The number of nitrogens with zero attached hydrogens (tertiary/aromatic N) is 3. The van der Waals surface area contributed by atoms with Crippen molar-refractivity contribution in [3.05, 3.63) is 60.2 Å². The van der Waals surface area contributed by atoms with Crippen LogP contribution >= 0.6 is 11.8 Å². The third-order valence-electron chi connectivity index (χ3n) is 3.73. The fraction of sp³-hybridized carbons (Fsp3) is 0.211. The lowest BCUT2D eigenvalue weighted by Gasteiger charge is -2.06. The van der Waals surface area contributed by atoms with Gasteiger partial charge in [-0.3, -0.25) is 4.79 Å². The smallest absolute Gasteiger partial charge is 0.225 e. The molecule has 0 saturated heterocycles. The quantitative estimate of drug-likeness (QED) is 0.683. The minimum absolute atomic E-state index is 0.00329. The Bertz CT molecular complexity index is 861. The van der Waals surface area contributed by atoms with Crippen LogP contribution in [0.5, 0.6) is 0 Å². The van der Waals surface area contributed by atoms with Gasteiger partial charge < -0.3 is 9.88 Å². The van der Waals surface area contributed by atoms with Gasteiger partial charge in [0.05, 0.1) is 0 Å². The molecule has 0 unspecified atom stereocenters. The van der Waals surface area contributed by atoms with Gasteiger partial charge in [-0.25, -0.2) is 0 Å². The second-order valence-electron chi connectivity index (χ2n) is 5.75. The van der Waals surface area contributed by atoms with Crippen LogP contribution in [0.1, 0.15) is 12.0 Å². The van der Waals surface area contributed by atoms with Crippen LogP contribution in [0.15, 0.2) is 59.8 Å². The first kappa shape index (κ1) is 17.2. The zero-order valence-corrected chi connectivity index (χ0v) is 15.1. The van der Waals surface area contributed by atoms with Crippen molar-refractivity contribution in [1.29, 1.82) is 0 Å². The molecule has 0 spiro atoms. The van der Waals surface area contributed by atoms with Gasteiger partial charge in [-0.2, -0.15) is 0 Å². The fourth-order valence-corrected chi connectivity index (χ4v) is 3.31. The number of thioether (sulfide) groups is 1. The molecule has 0 atom stereocenters. The predicted octanol–water partition coefficient (Wildman–Crippen LogP) is 3.91. The van der Waals surface area contributed by atoms with Crippen LogP contribution in [0.3, 0.4) is 0 Å². The number of carbonyl (C=O) groups is 1. The number of hydrogen-bond donors (Lipinski definition) is 1. The Kier molecular flexibility index (Phi) is 5.50. The van der Waals surface area contributed by atoms with Crippen molar-refractivity contribution in [3.63, 3.8) is 0 Å². The zero-order chi connectivity index (χ0) is 17.6. The van der Waals surface area contributed by atoms with Crippen LogP contribution in [0.25, 0.3) is 11.4 Å². The van der Waals surface area contributed by atoms with Crippen LogP contribution in [0.2, 0.25) is 0 Å². The Morgan fingerprint density at radius 3 is 2.68 bits per heavy atom. The first-order chi connectivity index (χ1) is 12.1. The maximum atomic E-state index is 12.1. The highest BCUT2D eigenvalue weighted by Gasteiger charge is 2.11. The Morgan fingerprint density at radius 2 is 1.92 bits per heavy atom. The molecular weight excluding hydrogens is 332 g/mol. The van der Waals surface area contributed by atoms with Gasteiger partial charge in [-0.15, -0.1) is 10.2 Å². The standard InChI is InChI=1S/C19H20N4OS/c1-14-7-6-10-16(13-14)20-17(24)11-12-25-19-22-21-18(23(19)2)15-8-4-3-5-9-15/h3-10,13H,11-12H2,1-2H3,(H,20,24). The van der Waals surface area contributed by atoms with Gasteiger partial charge in [0.15, 0.2) is 11.0 Å². The summed E-state index contributed by atoms with van der Waals surface area (Å²) in [7, 11) is 1.94. The number of anilines is 1. The second-order valence-corrected chi connectivity index (χ2v) is 6.81. The average Bonchev–Trinajstić information content (AvgIpc) is 2.96. The summed E-state index contributed by atoms with van der Waals surface area (Å²) in [5.41, 5.74) is 2.99. The first-order valence-electron chi connectivity index (χ1n) is 8.07. The molecule has 0 aliphatic heterocycles. The van der Waals surface area contributed by atoms with Gasteiger partial charge in [0.2, 0.25) is 5.91 Å². The molecule has 0 radical (unpaired) electrons. The molecule has 2 aromatic carbocycles. The number of hydrogen-bond acceptors (Lipinski definition) is 4. The molecule has 6 heteroatoms. The SMILES string of the molecule is Cc1cccc(NC(=O)CCSc2nnc(-c3ccccc3)n2C)c1. The number of rotatable bonds is 6. The van der Waals surface area contributed by atoms with Crippen LogP contribution in [0, 0.1) is 6.92 Å². The Hall–Kier alpha value is -2.60. The van der Waals surface area contributed by atoms with Gasteiger partial charge in [0, 0.05) is 30.5 Å². The van der Waals surface area contributed by atoms with E-state index in [-0.39, 0.29) is 5.91 Å². The van der Waals surface area contributed by atoms with Crippen LogP contribution < -0.4 is 5.32 Å². The number of carbonyl (C=O) groups excluding carboxylic acids is 1. The van der Waals surface area contributed by atoms with Gasteiger partial charge >= 0.3 is 0 Å². The minimum Gasteiger partial charge on any atom is -0.326 e. The van der Waals surface area contributed by atoms with Crippen molar-refractivity contribution in [3.8, 4) is 11.4 Å². The van der Waals surface area contributed by atoms with E-state index in [1.165, 1.54) is 11.8 Å². The fourth-order valence-electron chi connectivity index (χ4n) is 2.46. The van der Waals surface area contributed by atoms with E-state index >= 15 is 0 Å². The Labute approximate surface area is 151 Å². The van der Waals surface area contributed by atoms with Gasteiger partial charge in [-0.1, -0.05) is 54.2 Å². The molecule has 1 aromatic heterocycles. The van der Waals surface area contributed by atoms with E-state index in [0.29, 0.717) is 12.2 Å². The van der Waals surface area contributed by atoms with Crippen molar-refractivity contribution in [2.24, 2.45) is 7.05 Å². The average molecular weight is 352 g/mol. The molecule has 0 fully saturated rings. The first-order valence-corrected chi connectivity index (χ1v) is 9.06. The Morgan fingerprint density at radius 1 is 1.12 bits per heavy atom. The summed E-state index contributed by atoms with van der Waals surface area (Å²) in [5, 5.41) is 12.2. The maximum absolute atomic E-state index is 12.1. The molecule has 5 nitrogen and oxygen atoms in total. The molecule has 1 amide bonds. The van der Waals surface area contributed by atoms with E-state index < -0.39 is 0 Å². The van der Waals surface area contributed by atoms with Crippen molar-refractivity contribution >= 4 is 23.4 Å². The van der Waals surface area contributed by atoms with E-state index in [4.69, 9.17) is 0 Å². The molecule has 0 saturated carbocycles. The van der Waals surface area contributed by atoms with Crippen molar-refractivity contribution in [2.45, 2.75) is 18.5 Å². The zero-order valence-electron chi connectivity index (χ0n) is 14.3. The summed E-state index contributed by atoms with van der Waals surface area (Å²) in [6.07, 6.45) is 0.423. The summed E-state index contributed by atoms with van der Waals surface area (Å²) in [5.74, 6) is 1.48. The number of benzene rings is 2. The molecule has 25 heavy (non-hydrogen) atoms. The molecule has 1 N–H and O–H groups in total. The number of aryl methyl sites for hydroxylation is 1. The Balaban J connectivity index is 1.54. The lowest BCUT2D eigenvalue weighted by molar-refractivity contribution is -0.115. The van der Waals surface area contributed by atoms with Crippen LogP contribution in [0.4, 0.5) is 5.69 Å². The summed E-state index contributed by atoms with van der Waals surface area (Å²) in [6, 6.07) is 17.7. The normalized spacial score (nSPS) is 10.6. The predicted molar refractivity (Wildman–Crippen MR) is 102 cm³/mol. The van der Waals surface area contributed by atoms with Gasteiger partial charge in [-0.05, 0) is 24.6 Å². The number of aromatic nitrogens is 3. The van der Waals surface area contributed by atoms with E-state index in [1.807, 2.05) is 73.1 Å². The molecule has 3 rings (SSSR count). The number of amides is 1. The molecule has 3 aromatic rings. The third-order valence-corrected chi connectivity index (χ3v) is 4.75. The lowest BCUT2D eigenvalue weighted by atomic mass is 10.2. The van der Waals surface area contributed by atoms with Gasteiger partial charge in [0.1, 0.15) is 0 Å². The van der Waals surface area contributed by atoms with E-state index in [0.717, 1.165) is 27.8 Å². The second kappa shape index (κ2) is 7.98. The van der Waals surface area contributed by atoms with E-state index in [1.54, 1.807) is 0 Å². The molecule has 128 valence electrons. The molecule has 0 aliphatic rings. The highest BCUT2D eigenvalue weighted by molar-refractivity contribution is 7.99. The van der Waals surface area contributed by atoms with E-state index in [2.05, 4.69) is 15.5 Å². The van der Waals surface area contributed by atoms with Crippen LogP contribution in [-0.4, -0.2) is 26.4 Å². The van der Waals surface area contributed by atoms with Gasteiger partial charge in [0.25, 0.3) is 0 Å². The minimum atomic E-state index is 0.00329. The summed E-state index contributed by atoms with van der Waals surface area (Å²) in [4.78, 5) is 12.1. The maximum Gasteiger partial charge on any atom is 0.225 e. The molecule has 1 heterocycles. The van der Waals surface area contributed by atoms with Crippen molar-refractivity contribution in [2.75, 3.05) is 11.1 Å². The van der Waals surface area contributed by atoms with Crippen molar-refractivity contribution in [1.82, 2.24) is 14.8 Å². The summed E-state index contributed by atoms with van der Waals surface area (Å²) < 4.78 is 1.96. The molecular formula is C19H20N4OS.